The van der Waals surface area contributed by atoms with Crippen LogP contribution in [0.5, 0.6) is 0 Å². The highest BCUT2D eigenvalue weighted by molar-refractivity contribution is 6.06. The fourth-order valence-electron chi connectivity index (χ4n) is 4.26. The summed E-state index contributed by atoms with van der Waals surface area (Å²) in [5, 5.41) is 0. The Morgan fingerprint density at radius 1 is 1.06 bits per heavy atom. The molecule has 90 valence electrons. The SMILES string of the molecule is CC(=O)C1=C(c2ccccc2)[C@H]2[C@@H]1[C@@H]1C=C[C@H]2C1. The predicted molar refractivity (Wildman–Crippen MR) is 71.8 cm³/mol. The van der Waals surface area contributed by atoms with Crippen molar-refractivity contribution in [1.29, 1.82) is 0 Å². The molecule has 1 aromatic carbocycles. The van der Waals surface area contributed by atoms with Crippen LogP contribution in [0.2, 0.25) is 0 Å². The first-order valence-electron chi connectivity index (χ1n) is 6.76. The molecule has 0 aliphatic heterocycles. The Labute approximate surface area is 107 Å². The predicted octanol–water partition coefficient (Wildman–Crippen LogP) is 3.48. The number of Topliss-reactive ketones (excluding diaryl/α,β-unsaturated/α-hetero) is 1. The van der Waals surface area contributed by atoms with Gasteiger partial charge in [0.1, 0.15) is 0 Å². The molecule has 0 aromatic heterocycles. The minimum absolute atomic E-state index is 0.274. The summed E-state index contributed by atoms with van der Waals surface area (Å²) in [7, 11) is 0. The van der Waals surface area contributed by atoms with E-state index in [4.69, 9.17) is 0 Å². The molecule has 1 heteroatoms. The number of fused-ring (bicyclic) bond motifs is 5. The molecule has 1 fully saturated rings. The second-order valence-corrected chi connectivity index (χ2v) is 5.75. The average Bonchev–Trinajstić information content (AvgIpc) is 2.87. The van der Waals surface area contributed by atoms with Gasteiger partial charge in [0, 0.05) is 11.5 Å². The number of carbonyl (C=O) groups excluding carboxylic acids is 1. The summed E-state index contributed by atoms with van der Waals surface area (Å²) in [6.45, 7) is 1.73. The van der Waals surface area contributed by atoms with E-state index in [1.807, 2.05) is 6.07 Å². The highest BCUT2D eigenvalue weighted by Gasteiger charge is 2.55. The van der Waals surface area contributed by atoms with Crippen LogP contribution in [-0.2, 0) is 4.79 Å². The fraction of sp³-hybridized carbons (Fsp3) is 0.353. The normalized spacial score (nSPS) is 35.6. The zero-order valence-corrected chi connectivity index (χ0v) is 10.5. The largest absolute Gasteiger partial charge is 0.295 e. The summed E-state index contributed by atoms with van der Waals surface area (Å²) >= 11 is 0. The number of hydrogen-bond acceptors (Lipinski definition) is 1. The molecule has 2 bridgehead atoms. The molecule has 1 saturated carbocycles. The first-order chi connectivity index (χ1) is 8.77. The van der Waals surface area contributed by atoms with E-state index >= 15 is 0 Å². The van der Waals surface area contributed by atoms with Crippen LogP contribution < -0.4 is 0 Å². The third-order valence-corrected chi connectivity index (χ3v) is 4.88. The molecule has 1 nitrogen and oxygen atoms in total. The topological polar surface area (TPSA) is 17.1 Å². The zero-order valence-electron chi connectivity index (χ0n) is 10.5. The van der Waals surface area contributed by atoms with Gasteiger partial charge in [0.2, 0.25) is 0 Å². The van der Waals surface area contributed by atoms with Crippen LogP contribution in [0, 0.1) is 23.7 Å². The Morgan fingerprint density at radius 2 is 1.72 bits per heavy atom. The molecule has 18 heavy (non-hydrogen) atoms. The standard InChI is InChI=1S/C17H16O/c1-10(18)14-15(11-5-3-2-4-6-11)17-13-8-7-12(9-13)16(14)17/h2-8,12-13,16-17H,9H2,1H3/t12-,13+,16-,17+/m1/s1. The van der Waals surface area contributed by atoms with Crippen molar-refractivity contribution in [3.8, 4) is 0 Å². The molecule has 1 aromatic rings. The smallest absolute Gasteiger partial charge is 0.156 e. The second kappa shape index (κ2) is 3.44. The molecular formula is C17H16O. The lowest BCUT2D eigenvalue weighted by Gasteiger charge is -2.42. The highest BCUT2D eigenvalue weighted by Crippen LogP contribution is 2.63. The summed E-state index contributed by atoms with van der Waals surface area (Å²) in [4.78, 5) is 11.9. The molecule has 0 heterocycles. The van der Waals surface area contributed by atoms with E-state index in [1.165, 1.54) is 17.6 Å². The van der Waals surface area contributed by atoms with Crippen molar-refractivity contribution in [3.05, 3.63) is 53.6 Å². The molecule has 4 rings (SSSR count). The van der Waals surface area contributed by atoms with Gasteiger partial charge >= 0.3 is 0 Å². The third-order valence-electron chi connectivity index (χ3n) is 4.88. The summed E-state index contributed by atoms with van der Waals surface area (Å²) in [6, 6.07) is 10.5. The van der Waals surface area contributed by atoms with Crippen LogP contribution in [0.3, 0.4) is 0 Å². The minimum atomic E-state index is 0.274. The quantitative estimate of drug-likeness (QED) is 0.718. The van der Waals surface area contributed by atoms with Crippen molar-refractivity contribution in [1.82, 2.24) is 0 Å². The molecule has 0 amide bonds. The Balaban J connectivity index is 1.85. The van der Waals surface area contributed by atoms with E-state index in [9.17, 15) is 4.79 Å². The van der Waals surface area contributed by atoms with E-state index in [0.29, 0.717) is 23.7 Å². The first kappa shape index (κ1) is 10.3. The van der Waals surface area contributed by atoms with Gasteiger partial charge in [-0.2, -0.15) is 0 Å². The molecule has 3 aliphatic carbocycles. The van der Waals surface area contributed by atoms with Crippen molar-refractivity contribution in [2.24, 2.45) is 23.7 Å². The van der Waals surface area contributed by atoms with Gasteiger partial charge < -0.3 is 0 Å². The number of hydrogen-bond donors (Lipinski definition) is 0. The monoisotopic (exact) mass is 236 g/mol. The Hall–Kier alpha value is -1.63. The molecule has 0 N–H and O–H groups in total. The molecule has 0 unspecified atom stereocenters. The number of rotatable bonds is 2. The molecule has 0 spiro atoms. The van der Waals surface area contributed by atoms with Gasteiger partial charge in [-0.25, -0.2) is 0 Å². The Bertz CT molecular complexity index is 579. The summed E-state index contributed by atoms with van der Waals surface area (Å²) in [5.74, 6) is 2.72. The maximum Gasteiger partial charge on any atom is 0.156 e. The zero-order chi connectivity index (χ0) is 12.3. The van der Waals surface area contributed by atoms with Crippen LogP contribution in [0.1, 0.15) is 18.9 Å². The molecular weight excluding hydrogens is 220 g/mol. The van der Waals surface area contributed by atoms with Gasteiger partial charge in [-0.15, -0.1) is 0 Å². The number of carbonyl (C=O) groups is 1. The van der Waals surface area contributed by atoms with Gasteiger partial charge in [-0.05, 0) is 42.2 Å². The maximum atomic E-state index is 11.9. The molecule has 3 aliphatic rings. The van der Waals surface area contributed by atoms with Gasteiger partial charge in [0.15, 0.2) is 5.78 Å². The second-order valence-electron chi connectivity index (χ2n) is 5.75. The van der Waals surface area contributed by atoms with Crippen LogP contribution in [0.25, 0.3) is 5.57 Å². The van der Waals surface area contributed by atoms with Gasteiger partial charge in [0.25, 0.3) is 0 Å². The third kappa shape index (κ3) is 1.14. The average molecular weight is 236 g/mol. The van der Waals surface area contributed by atoms with E-state index in [1.54, 1.807) is 6.92 Å². The summed E-state index contributed by atoms with van der Waals surface area (Å²) in [6.07, 6.45) is 5.95. The van der Waals surface area contributed by atoms with Crippen LogP contribution in [-0.4, -0.2) is 5.78 Å². The lowest BCUT2D eigenvalue weighted by atomic mass is 9.60. The lowest BCUT2D eigenvalue weighted by Crippen LogP contribution is -2.36. The molecule has 4 atom stereocenters. The number of allylic oxidation sites excluding steroid dienone is 4. The molecule has 0 radical (unpaired) electrons. The van der Waals surface area contributed by atoms with Crippen LogP contribution >= 0.6 is 0 Å². The van der Waals surface area contributed by atoms with Gasteiger partial charge in [0.05, 0.1) is 0 Å². The summed E-state index contributed by atoms with van der Waals surface area (Å²) in [5.41, 5.74) is 3.71. The highest BCUT2D eigenvalue weighted by atomic mass is 16.1. The van der Waals surface area contributed by atoms with Crippen molar-refractivity contribution in [2.45, 2.75) is 13.3 Å². The first-order valence-corrected chi connectivity index (χ1v) is 6.76. The van der Waals surface area contributed by atoms with Gasteiger partial charge in [-0.1, -0.05) is 42.5 Å². The Morgan fingerprint density at radius 3 is 2.39 bits per heavy atom. The van der Waals surface area contributed by atoms with E-state index < -0.39 is 0 Å². The lowest BCUT2D eigenvalue weighted by molar-refractivity contribution is -0.114. The van der Waals surface area contributed by atoms with Crippen LogP contribution in [0.15, 0.2) is 48.1 Å². The fourth-order valence-corrected chi connectivity index (χ4v) is 4.26. The van der Waals surface area contributed by atoms with Crippen LogP contribution in [0.4, 0.5) is 0 Å². The van der Waals surface area contributed by atoms with Crippen molar-refractivity contribution in [3.63, 3.8) is 0 Å². The minimum Gasteiger partial charge on any atom is -0.295 e. The van der Waals surface area contributed by atoms with E-state index in [-0.39, 0.29) is 5.78 Å². The van der Waals surface area contributed by atoms with Crippen molar-refractivity contribution in [2.75, 3.05) is 0 Å². The van der Waals surface area contributed by atoms with Crippen molar-refractivity contribution >= 4 is 11.4 Å². The number of ketones is 1. The number of benzene rings is 1. The maximum absolute atomic E-state index is 11.9. The van der Waals surface area contributed by atoms with Crippen molar-refractivity contribution < 1.29 is 4.79 Å². The van der Waals surface area contributed by atoms with Gasteiger partial charge in [-0.3, -0.25) is 4.79 Å². The molecule has 0 saturated heterocycles. The Kier molecular flexibility index (Phi) is 1.97. The van der Waals surface area contributed by atoms with E-state index in [0.717, 1.165) is 5.57 Å². The summed E-state index contributed by atoms with van der Waals surface area (Å²) < 4.78 is 0. The van der Waals surface area contributed by atoms with E-state index in [2.05, 4.69) is 36.4 Å².